The van der Waals surface area contributed by atoms with Crippen LogP contribution in [0.1, 0.15) is 35.7 Å². The van der Waals surface area contributed by atoms with Crippen molar-refractivity contribution in [1.82, 2.24) is 29.5 Å². The Labute approximate surface area is 242 Å². The largest absolute Gasteiger partial charge is 0.391 e. The number of thiazole rings is 1. The van der Waals surface area contributed by atoms with Crippen LogP contribution in [-0.4, -0.2) is 71.3 Å². The molecule has 42 heavy (non-hydrogen) atoms. The van der Waals surface area contributed by atoms with Crippen molar-refractivity contribution >= 4 is 21.6 Å². The van der Waals surface area contributed by atoms with Crippen molar-refractivity contribution in [3.8, 4) is 16.8 Å². The molecule has 6 atom stereocenters. The number of rotatable bonds is 6. The molecule has 1 saturated heterocycles. The number of ether oxygens (including phenoxy) is 2. The second-order valence-electron chi connectivity index (χ2n) is 10.2. The van der Waals surface area contributed by atoms with Gasteiger partial charge in [-0.25, -0.2) is 27.8 Å². The summed E-state index contributed by atoms with van der Waals surface area (Å²) in [5, 5.41) is 32.3. The molecule has 0 radical (unpaired) electrons. The van der Waals surface area contributed by atoms with Crippen LogP contribution in [0.25, 0.3) is 27.0 Å². The van der Waals surface area contributed by atoms with Gasteiger partial charge in [0, 0.05) is 24.4 Å². The third-order valence-corrected chi connectivity index (χ3v) is 8.27. The molecule has 6 rings (SSSR count). The zero-order chi connectivity index (χ0) is 29.9. The van der Waals surface area contributed by atoms with Crippen LogP contribution in [0.5, 0.6) is 0 Å². The van der Waals surface area contributed by atoms with Crippen LogP contribution in [0.4, 0.5) is 13.2 Å². The van der Waals surface area contributed by atoms with Crippen LogP contribution in [0.3, 0.4) is 0 Å². The van der Waals surface area contributed by atoms with Gasteiger partial charge in [-0.15, -0.1) is 11.3 Å². The number of nitrogens with zero attached hydrogens (tertiary/aromatic N) is 6. The smallest absolute Gasteiger partial charge is 0.195 e. The Morgan fingerprint density at radius 3 is 2.62 bits per heavy atom. The van der Waals surface area contributed by atoms with E-state index in [1.54, 1.807) is 11.6 Å². The number of fused-ring (bicyclic) bond motifs is 1. The van der Waals surface area contributed by atoms with Crippen LogP contribution < -0.4 is 0 Å². The van der Waals surface area contributed by atoms with Crippen LogP contribution in [0, 0.1) is 31.3 Å². The summed E-state index contributed by atoms with van der Waals surface area (Å²) in [5.74, 6) is -3.56. The van der Waals surface area contributed by atoms with E-state index < -0.39 is 54.0 Å². The summed E-state index contributed by atoms with van der Waals surface area (Å²) in [6, 6.07) is 6.60. The quantitative estimate of drug-likeness (QED) is 0.278. The lowest BCUT2D eigenvalue weighted by Gasteiger charge is -2.44. The molecule has 2 aromatic carbocycles. The van der Waals surface area contributed by atoms with Gasteiger partial charge in [-0.2, -0.15) is 10.2 Å². The Bertz CT molecular complexity index is 1770. The van der Waals surface area contributed by atoms with Crippen molar-refractivity contribution in [3.63, 3.8) is 0 Å². The maximum Gasteiger partial charge on any atom is 0.195 e. The molecule has 0 amide bonds. The summed E-state index contributed by atoms with van der Waals surface area (Å²) in [5.41, 5.74) is 1.46. The Hall–Kier alpha value is -3.69. The fourth-order valence-electron chi connectivity index (χ4n) is 5.43. The molecule has 5 aromatic rings. The predicted octanol–water partition coefficient (Wildman–Crippen LogP) is 4.21. The predicted molar refractivity (Wildman–Crippen MR) is 147 cm³/mol. The zero-order valence-corrected chi connectivity index (χ0v) is 23.8. The third kappa shape index (κ3) is 4.78. The number of halogens is 3. The van der Waals surface area contributed by atoms with Crippen LogP contribution >= 0.6 is 11.3 Å². The van der Waals surface area contributed by atoms with E-state index in [4.69, 9.17) is 9.47 Å². The highest BCUT2D eigenvalue weighted by Gasteiger charge is 2.50. The number of aryl methyl sites for hydroxylation is 2. The zero-order valence-electron chi connectivity index (χ0n) is 22.9. The molecule has 1 aliphatic rings. The molecule has 4 unspecified atom stereocenters. The maximum atomic E-state index is 14.6. The molecule has 0 spiro atoms. The summed E-state index contributed by atoms with van der Waals surface area (Å²) < 4.78 is 57.9. The molecule has 1 aliphatic heterocycles. The van der Waals surface area contributed by atoms with Gasteiger partial charge in [0.1, 0.15) is 36.3 Å². The maximum absolute atomic E-state index is 14.6. The lowest BCUT2D eigenvalue weighted by molar-refractivity contribution is -0.230. The van der Waals surface area contributed by atoms with Crippen LogP contribution in [0.2, 0.25) is 0 Å². The molecule has 2 N–H and O–H groups in total. The van der Waals surface area contributed by atoms with Gasteiger partial charge >= 0.3 is 0 Å². The first-order valence-corrected chi connectivity index (χ1v) is 13.9. The SMILES string of the molecule is CO[C@H]1C(C(C)O)O[C@@H](c2nc(C)nn2-c2ccc3nc(C)sc3c2)C(O)C1n1cc(-c2ccc(F)c(F)c2F)cn1. The van der Waals surface area contributed by atoms with E-state index in [1.807, 2.05) is 25.1 Å². The highest BCUT2D eigenvalue weighted by molar-refractivity contribution is 7.18. The number of aliphatic hydroxyl groups is 2. The van der Waals surface area contributed by atoms with Crippen molar-refractivity contribution in [3.05, 3.63) is 76.8 Å². The Balaban J connectivity index is 1.43. The van der Waals surface area contributed by atoms with E-state index in [0.717, 1.165) is 27.4 Å². The van der Waals surface area contributed by atoms with Gasteiger partial charge < -0.3 is 19.7 Å². The number of benzene rings is 2. The molecule has 0 aliphatic carbocycles. The van der Waals surface area contributed by atoms with Crippen molar-refractivity contribution in [2.24, 2.45) is 0 Å². The highest BCUT2D eigenvalue weighted by atomic mass is 32.1. The Morgan fingerprint density at radius 1 is 1.10 bits per heavy atom. The number of hydrogen-bond donors (Lipinski definition) is 2. The van der Waals surface area contributed by atoms with E-state index in [9.17, 15) is 23.4 Å². The van der Waals surface area contributed by atoms with Gasteiger partial charge in [-0.05, 0) is 51.1 Å². The average molecular weight is 601 g/mol. The first-order valence-electron chi connectivity index (χ1n) is 13.1. The van der Waals surface area contributed by atoms with Gasteiger partial charge in [0.15, 0.2) is 23.3 Å². The van der Waals surface area contributed by atoms with Gasteiger partial charge in [0.25, 0.3) is 0 Å². The summed E-state index contributed by atoms with van der Waals surface area (Å²) in [6.07, 6.45) is -2.67. The van der Waals surface area contributed by atoms with Crippen LogP contribution in [-0.2, 0) is 9.47 Å². The van der Waals surface area contributed by atoms with Crippen LogP contribution in [0.15, 0.2) is 42.7 Å². The molecule has 10 nitrogen and oxygen atoms in total. The van der Waals surface area contributed by atoms with Gasteiger partial charge in [-0.3, -0.25) is 4.68 Å². The van der Waals surface area contributed by atoms with E-state index >= 15 is 0 Å². The number of methoxy groups -OCH3 is 1. The summed E-state index contributed by atoms with van der Waals surface area (Å²) in [4.78, 5) is 9.08. The molecular formula is C28H27F3N6O4S. The third-order valence-electron chi connectivity index (χ3n) is 7.34. The number of aliphatic hydroxyl groups excluding tert-OH is 2. The Morgan fingerprint density at radius 2 is 1.88 bits per heavy atom. The van der Waals surface area contributed by atoms with Crippen molar-refractivity contribution in [2.45, 2.75) is 57.3 Å². The average Bonchev–Trinajstić information content (AvgIpc) is 3.68. The lowest BCUT2D eigenvalue weighted by Crippen LogP contribution is -2.56. The first kappa shape index (κ1) is 28.4. The van der Waals surface area contributed by atoms with Crippen molar-refractivity contribution < 1.29 is 32.9 Å². The normalized spacial score (nSPS) is 23.5. The molecule has 3 aromatic heterocycles. The van der Waals surface area contributed by atoms with Crippen molar-refractivity contribution in [2.75, 3.05) is 7.11 Å². The van der Waals surface area contributed by atoms with Gasteiger partial charge in [0.05, 0.1) is 33.2 Å². The minimum atomic E-state index is -1.60. The summed E-state index contributed by atoms with van der Waals surface area (Å²) >= 11 is 1.53. The molecule has 1 fully saturated rings. The van der Waals surface area contributed by atoms with E-state index in [0.29, 0.717) is 11.5 Å². The minimum Gasteiger partial charge on any atom is -0.391 e. The molecule has 4 heterocycles. The van der Waals surface area contributed by atoms with E-state index in [-0.39, 0.29) is 17.0 Å². The molecule has 220 valence electrons. The summed E-state index contributed by atoms with van der Waals surface area (Å²) in [6.45, 7) is 5.16. The summed E-state index contributed by atoms with van der Waals surface area (Å²) in [7, 11) is 1.40. The standard InChI is InChI=1S/C28H27F3N6O4S/c1-12(38)25-26(40-4)23(36-11-15(10-32-36)17-6-7-18(29)22(31)21(17)30)24(39)27(41-25)28-33-13(2)35-37(28)16-5-8-19-20(9-16)42-14(3)34-19/h5-12,23-27,38-39H,1-4H3/t12?,23?,24?,25?,26-,27-/m1/s1. The van der Waals surface area contributed by atoms with Gasteiger partial charge in [0.2, 0.25) is 0 Å². The minimum absolute atomic E-state index is 0.150. The van der Waals surface area contributed by atoms with Gasteiger partial charge in [-0.1, -0.05) is 0 Å². The van der Waals surface area contributed by atoms with Crippen molar-refractivity contribution in [1.29, 1.82) is 0 Å². The second kappa shape index (κ2) is 10.9. The highest BCUT2D eigenvalue weighted by Crippen LogP contribution is 2.41. The number of hydrogen-bond acceptors (Lipinski definition) is 9. The Kier molecular flexibility index (Phi) is 7.35. The number of aromatic nitrogens is 6. The topological polar surface area (TPSA) is 120 Å². The molecular weight excluding hydrogens is 573 g/mol. The molecule has 0 saturated carbocycles. The molecule has 14 heteroatoms. The fraction of sp³-hybridized carbons (Fsp3) is 0.357. The fourth-order valence-corrected chi connectivity index (χ4v) is 6.29. The lowest BCUT2D eigenvalue weighted by atomic mass is 9.89. The first-order chi connectivity index (χ1) is 20.1. The van der Waals surface area contributed by atoms with E-state index in [1.165, 1.54) is 42.4 Å². The second-order valence-corrected chi connectivity index (χ2v) is 11.4. The van der Waals surface area contributed by atoms with E-state index in [2.05, 4.69) is 20.2 Å². The monoisotopic (exact) mass is 600 g/mol. The molecule has 0 bridgehead atoms.